The van der Waals surface area contributed by atoms with Gasteiger partial charge in [0.15, 0.2) is 5.78 Å². The number of benzene rings is 1. The number of anilines is 1. The van der Waals surface area contributed by atoms with Gasteiger partial charge in [0, 0.05) is 25.2 Å². The van der Waals surface area contributed by atoms with Crippen molar-refractivity contribution in [2.45, 2.75) is 18.4 Å². The molecule has 1 unspecified atom stereocenters. The number of nitrogens with one attached hydrogen (secondary N) is 1. The fraction of sp³-hybridized carbons (Fsp3) is 0.562. The van der Waals surface area contributed by atoms with E-state index in [2.05, 4.69) is 34.5 Å². The van der Waals surface area contributed by atoms with Gasteiger partial charge in [-0.15, -0.1) is 0 Å². The number of likely N-dealkylation sites (N-methyl/N-ethyl adjacent to an activating group) is 1. The summed E-state index contributed by atoms with van der Waals surface area (Å²) in [5, 5.41) is 3.47. The molecule has 2 aliphatic rings. The summed E-state index contributed by atoms with van der Waals surface area (Å²) in [7, 11) is 3.93. The summed E-state index contributed by atoms with van der Waals surface area (Å²) in [6.07, 6.45) is 1.92. The van der Waals surface area contributed by atoms with E-state index in [9.17, 15) is 4.79 Å². The van der Waals surface area contributed by atoms with Crippen LogP contribution < -0.4 is 10.2 Å². The van der Waals surface area contributed by atoms with Gasteiger partial charge in [-0.3, -0.25) is 4.79 Å². The number of hydrogen-bond donors (Lipinski definition) is 1. The summed E-state index contributed by atoms with van der Waals surface area (Å²) < 4.78 is 0. The molecule has 1 atom stereocenters. The zero-order valence-electron chi connectivity index (χ0n) is 12.4. The Morgan fingerprint density at radius 3 is 3.00 bits per heavy atom. The summed E-state index contributed by atoms with van der Waals surface area (Å²) in [6, 6.07) is 8.46. The molecule has 0 aliphatic carbocycles. The monoisotopic (exact) mass is 273 g/mol. The van der Waals surface area contributed by atoms with Crippen molar-refractivity contribution in [3.05, 3.63) is 29.8 Å². The predicted octanol–water partition coefficient (Wildman–Crippen LogP) is 0.912. The molecule has 1 saturated heterocycles. The van der Waals surface area contributed by atoms with Crippen molar-refractivity contribution in [3.8, 4) is 0 Å². The highest BCUT2D eigenvalue weighted by Gasteiger charge is 2.49. The van der Waals surface area contributed by atoms with Crippen LogP contribution in [0.2, 0.25) is 0 Å². The van der Waals surface area contributed by atoms with E-state index in [4.69, 9.17) is 0 Å². The van der Waals surface area contributed by atoms with Gasteiger partial charge in [0.25, 0.3) is 0 Å². The molecular weight excluding hydrogens is 250 g/mol. The average Bonchev–Trinajstić information content (AvgIpc) is 2.58. The number of Topliss-reactive ketones (excluding diaryl/α,β-unsaturated/α-hetero) is 1. The first kappa shape index (κ1) is 13.6. The highest BCUT2D eigenvalue weighted by Crippen LogP contribution is 2.40. The van der Waals surface area contributed by atoms with Crippen LogP contribution in [-0.4, -0.2) is 56.5 Å². The molecule has 0 spiro atoms. The maximum atomic E-state index is 12.9. The van der Waals surface area contributed by atoms with Crippen molar-refractivity contribution in [3.63, 3.8) is 0 Å². The second kappa shape index (κ2) is 5.19. The van der Waals surface area contributed by atoms with Crippen molar-refractivity contribution in [2.75, 3.05) is 45.2 Å². The molecule has 1 fully saturated rings. The standard InChI is InChI=1S/C16H23N3O/c1-18(2)11-15(20)16-10-13-6-3-4-7-14(13)19(16)9-5-8-17-12-16/h3-4,6-7,17H,5,8-12H2,1-2H3. The topological polar surface area (TPSA) is 35.6 Å². The highest BCUT2D eigenvalue weighted by atomic mass is 16.1. The maximum absolute atomic E-state index is 12.9. The lowest BCUT2D eigenvalue weighted by atomic mass is 9.88. The fourth-order valence-corrected chi connectivity index (χ4v) is 3.50. The lowest BCUT2D eigenvalue weighted by molar-refractivity contribution is -0.124. The minimum Gasteiger partial charge on any atom is -0.357 e. The lowest BCUT2D eigenvalue weighted by Crippen LogP contribution is -2.59. The van der Waals surface area contributed by atoms with Crippen LogP contribution in [0.5, 0.6) is 0 Å². The molecule has 20 heavy (non-hydrogen) atoms. The number of ketones is 1. The smallest absolute Gasteiger partial charge is 0.173 e. The average molecular weight is 273 g/mol. The molecule has 1 N–H and O–H groups in total. The van der Waals surface area contributed by atoms with Crippen molar-refractivity contribution in [1.29, 1.82) is 0 Å². The number of para-hydroxylation sites is 1. The summed E-state index contributed by atoms with van der Waals surface area (Å²) >= 11 is 0. The molecule has 0 radical (unpaired) electrons. The molecule has 4 nitrogen and oxygen atoms in total. The SMILES string of the molecule is CN(C)CC(=O)C12CNCCCN1c1ccccc1C2. The predicted molar refractivity (Wildman–Crippen MR) is 81.3 cm³/mol. The Labute approximate surface area is 120 Å². The molecule has 0 aromatic heterocycles. The first-order valence-electron chi connectivity index (χ1n) is 7.38. The Bertz CT molecular complexity index is 514. The fourth-order valence-electron chi connectivity index (χ4n) is 3.50. The third-order valence-electron chi connectivity index (χ3n) is 4.41. The molecule has 2 aliphatic heterocycles. The molecule has 2 heterocycles. The number of fused-ring (bicyclic) bond motifs is 3. The van der Waals surface area contributed by atoms with Crippen molar-refractivity contribution >= 4 is 11.5 Å². The number of rotatable bonds is 3. The van der Waals surface area contributed by atoms with E-state index in [1.54, 1.807) is 0 Å². The Balaban J connectivity index is 2.00. The summed E-state index contributed by atoms with van der Waals surface area (Å²) in [6.45, 7) is 3.22. The molecule has 4 heteroatoms. The van der Waals surface area contributed by atoms with Crippen LogP contribution in [0.4, 0.5) is 5.69 Å². The van der Waals surface area contributed by atoms with Crippen LogP contribution in [-0.2, 0) is 11.2 Å². The first-order chi connectivity index (χ1) is 9.63. The van der Waals surface area contributed by atoms with E-state index in [0.717, 1.165) is 32.5 Å². The van der Waals surface area contributed by atoms with Crippen LogP contribution in [0.1, 0.15) is 12.0 Å². The second-order valence-corrected chi connectivity index (χ2v) is 6.18. The van der Waals surface area contributed by atoms with E-state index in [1.807, 2.05) is 19.0 Å². The summed E-state index contributed by atoms with van der Waals surface area (Å²) in [5.41, 5.74) is 2.18. The van der Waals surface area contributed by atoms with Gasteiger partial charge < -0.3 is 15.1 Å². The zero-order valence-corrected chi connectivity index (χ0v) is 12.4. The molecule has 0 amide bonds. The van der Waals surface area contributed by atoms with Crippen molar-refractivity contribution in [2.24, 2.45) is 0 Å². The number of hydrogen-bond acceptors (Lipinski definition) is 4. The lowest BCUT2D eigenvalue weighted by Gasteiger charge is -2.38. The van der Waals surface area contributed by atoms with Gasteiger partial charge in [-0.2, -0.15) is 0 Å². The Morgan fingerprint density at radius 2 is 2.20 bits per heavy atom. The van der Waals surface area contributed by atoms with Gasteiger partial charge in [-0.25, -0.2) is 0 Å². The number of carbonyl (C=O) groups excluding carboxylic acids is 1. The van der Waals surface area contributed by atoms with E-state index in [1.165, 1.54) is 11.3 Å². The van der Waals surface area contributed by atoms with Crippen molar-refractivity contribution < 1.29 is 4.79 Å². The number of nitrogens with zero attached hydrogens (tertiary/aromatic N) is 2. The molecule has 0 saturated carbocycles. The van der Waals surface area contributed by atoms with Crippen LogP contribution >= 0.6 is 0 Å². The third kappa shape index (κ3) is 2.13. The molecule has 0 bridgehead atoms. The van der Waals surface area contributed by atoms with E-state index >= 15 is 0 Å². The van der Waals surface area contributed by atoms with Crippen LogP contribution in [0.3, 0.4) is 0 Å². The van der Waals surface area contributed by atoms with Gasteiger partial charge >= 0.3 is 0 Å². The molecular formula is C16H23N3O. The highest BCUT2D eigenvalue weighted by molar-refractivity contribution is 5.96. The molecule has 108 valence electrons. The van der Waals surface area contributed by atoms with Gasteiger partial charge in [0.2, 0.25) is 0 Å². The Kier molecular flexibility index (Phi) is 3.52. The van der Waals surface area contributed by atoms with Crippen LogP contribution in [0.15, 0.2) is 24.3 Å². The first-order valence-corrected chi connectivity index (χ1v) is 7.38. The van der Waals surface area contributed by atoms with Gasteiger partial charge in [0.05, 0.1) is 6.54 Å². The van der Waals surface area contributed by atoms with Crippen LogP contribution in [0, 0.1) is 0 Å². The van der Waals surface area contributed by atoms with E-state index in [-0.39, 0.29) is 5.54 Å². The van der Waals surface area contributed by atoms with E-state index in [0.29, 0.717) is 12.3 Å². The normalized spacial score (nSPS) is 25.2. The molecule has 3 rings (SSSR count). The Hall–Kier alpha value is -1.39. The third-order valence-corrected chi connectivity index (χ3v) is 4.41. The quantitative estimate of drug-likeness (QED) is 0.888. The van der Waals surface area contributed by atoms with Gasteiger partial charge in [-0.1, -0.05) is 18.2 Å². The molecule has 1 aromatic rings. The zero-order chi connectivity index (χ0) is 14.2. The second-order valence-electron chi connectivity index (χ2n) is 6.18. The largest absolute Gasteiger partial charge is 0.357 e. The van der Waals surface area contributed by atoms with Gasteiger partial charge in [0.1, 0.15) is 5.54 Å². The molecule has 1 aromatic carbocycles. The maximum Gasteiger partial charge on any atom is 0.173 e. The van der Waals surface area contributed by atoms with Crippen molar-refractivity contribution in [1.82, 2.24) is 10.2 Å². The summed E-state index contributed by atoms with van der Waals surface area (Å²) in [4.78, 5) is 17.2. The number of carbonyl (C=O) groups is 1. The van der Waals surface area contributed by atoms with Gasteiger partial charge in [-0.05, 0) is 38.7 Å². The van der Waals surface area contributed by atoms with E-state index < -0.39 is 0 Å². The van der Waals surface area contributed by atoms with Crippen LogP contribution in [0.25, 0.3) is 0 Å². The minimum atomic E-state index is -0.384. The Morgan fingerprint density at radius 1 is 1.40 bits per heavy atom. The summed E-state index contributed by atoms with van der Waals surface area (Å²) in [5.74, 6) is 0.327. The minimum absolute atomic E-state index is 0.327.